The lowest BCUT2D eigenvalue weighted by atomic mass is 10.3. The third-order valence-corrected chi connectivity index (χ3v) is 1.18. The van der Waals surface area contributed by atoms with Gasteiger partial charge in [-0.25, -0.2) is 13.2 Å². The molecule has 7 heteroatoms. The molecule has 74 valence electrons. The van der Waals surface area contributed by atoms with E-state index in [1.54, 1.807) is 5.43 Å². The molecule has 13 heavy (non-hydrogen) atoms. The second-order valence-corrected chi connectivity index (χ2v) is 1.97. The molecule has 0 spiro atoms. The molecular weight excluding hydrogens is 212 g/mol. The Morgan fingerprint density at radius 1 is 1.00 bits per heavy atom. The molecule has 0 atom stereocenters. The van der Waals surface area contributed by atoms with Gasteiger partial charge in [0.25, 0.3) is 0 Å². The van der Waals surface area contributed by atoms with Gasteiger partial charge in [0.1, 0.15) is 0 Å². The van der Waals surface area contributed by atoms with Gasteiger partial charge in [-0.15, -0.1) is 16.9 Å². The highest BCUT2D eigenvalue weighted by Crippen LogP contribution is 2.16. The Balaban J connectivity index is 0.00000144. The summed E-state index contributed by atoms with van der Waals surface area (Å²) in [4.78, 5) is 0. The van der Waals surface area contributed by atoms with Crippen LogP contribution in [0.4, 0.5) is 23.3 Å². The van der Waals surface area contributed by atoms with E-state index in [4.69, 9.17) is 0 Å². The van der Waals surface area contributed by atoms with Crippen molar-refractivity contribution < 1.29 is 17.7 Å². The summed E-state index contributed by atoms with van der Waals surface area (Å²) in [6.45, 7) is 0. The van der Waals surface area contributed by atoms with E-state index >= 15 is 0 Å². The van der Waals surface area contributed by atoms with Gasteiger partial charge >= 0.3 is 0 Å². The first kappa shape index (κ1) is 12.0. The molecule has 1 rings (SSSR count). The topological polar surface area (TPSA) is 24.1 Å². The van der Waals surface area contributed by atoms with Crippen LogP contribution in [0, 0.1) is 17.5 Å². The van der Waals surface area contributed by atoms with Crippen molar-refractivity contribution in [2.24, 2.45) is 0 Å². The Bertz CT molecular complexity index is 271. The zero-order valence-corrected chi connectivity index (χ0v) is 6.89. The van der Waals surface area contributed by atoms with Crippen molar-refractivity contribution in [3.05, 3.63) is 29.6 Å². The average molecular weight is 217 g/mol. The van der Waals surface area contributed by atoms with E-state index in [1.807, 2.05) is 0 Å². The minimum atomic E-state index is -1.58. The predicted octanol–water partition coefficient (Wildman–Crippen LogP) is 2.33. The van der Waals surface area contributed by atoms with Gasteiger partial charge in [0.05, 0.1) is 5.69 Å². The van der Waals surface area contributed by atoms with E-state index < -0.39 is 17.5 Å². The van der Waals surface area contributed by atoms with Gasteiger partial charge in [-0.2, -0.15) is 0 Å². The molecule has 0 aliphatic rings. The van der Waals surface area contributed by atoms with Gasteiger partial charge in [0.15, 0.2) is 17.5 Å². The van der Waals surface area contributed by atoms with Crippen LogP contribution in [0.3, 0.4) is 0 Å². The molecule has 0 bridgehead atoms. The molecule has 1 aromatic rings. The molecular formula is C6H5ClF4N2. The number of hydrazine groups is 1. The Morgan fingerprint density at radius 2 is 1.46 bits per heavy atom. The fourth-order valence-electron chi connectivity index (χ4n) is 0.682. The molecule has 1 aromatic carbocycles. The molecule has 0 heterocycles. The van der Waals surface area contributed by atoms with Crippen molar-refractivity contribution in [1.82, 2.24) is 5.65 Å². The highest BCUT2D eigenvalue weighted by molar-refractivity contribution is 5.85. The van der Waals surface area contributed by atoms with E-state index in [1.165, 1.54) is 0 Å². The van der Waals surface area contributed by atoms with Crippen molar-refractivity contribution in [2.45, 2.75) is 0 Å². The molecule has 0 amide bonds. The number of anilines is 1. The predicted molar refractivity (Wildman–Crippen MR) is 41.4 cm³/mol. The second-order valence-electron chi connectivity index (χ2n) is 1.97. The standard InChI is InChI=1S/C6H4F4N2.ClH/c7-4-1-3(11-12-10)2-5(8)6(4)9;/h1-2,11-12H;1H. The van der Waals surface area contributed by atoms with E-state index in [0.29, 0.717) is 12.1 Å². The van der Waals surface area contributed by atoms with Gasteiger partial charge in [-0.1, -0.05) is 5.65 Å². The van der Waals surface area contributed by atoms with Crippen LogP contribution in [0.25, 0.3) is 0 Å². The van der Waals surface area contributed by atoms with Gasteiger partial charge < -0.3 is 0 Å². The maximum absolute atomic E-state index is 12.4. The smallest absolute Gasteiger partial charge is 0.194 e. The van der Waals surface area contributed by atoms with E-state index in [9.17, 15) is 17.7 Å². The summed E-state index contributed by atoms with van der Waals surface area (Å²) in [5.41, 5.74) is 2.46. The third-order valence-electron chi connectivity index (χ3n) is 1.18. The van der Waals surface area contributed by atoms with Gasteiger partial charge in [0, 0.05) is 12.1 Å². The van der Waals surface area contributed by atoms with Gasteiger partial charge in [0.2, 0.25) is 0 Å². The monoisotopic (exact) mass is 216 g/mol. The lowest BCUT2D eigenvalue weighted by Crippen LogP contribution is -2.10. The van der Waals surface area contributed by atoms with E-state index in [2.05, 4.69) is 0 Å². The van der Waals surface area contributed by atoms with Crippen molar-refractivity contribution in [3.63, 3.8) is 0 Å². The number of hydrogen-bond donors (Lipinski definition) is 2. The molecule has 0 aliphatic carbocycles. The number of halogens is 5. The highest BCUT2D eigenvalue weighted by atomic mass is 35.5. The van der Waals surface area contributed by atoms with Crippen LogP contribution in [0.15, 0.2) is 12.1 Å². The Labute approximate surface area is 77.3 Å². The molecule has 0 unspecified atom stereocenters. The van der Waals surface area contributed by atoms with Crippen LogP contribution >= 0.6 is 12.4 Å². The van der Waals surface area contributed by atoms with E-state index in [0.717, 1.165) is 5.65 Å². The maximum Gasteiger partial charge on any atom is 0.194 e. The van der Waals surface area contributed by atoms with Crippen LogP contribution in [0.2, 0.25) is 0 Å². The van der Waals surface area contributed by atoms with Crippen molar-refractivity contribution in [1.29, 1.82) is 0 Å². The number of benzene rings is 1. The summed E-state index contributed by atoms with van der Waals surface area (Å²) in [6.07, 6.45) is 0. The second kappa shape index (κ2) is 4.88. The summed E-state index contributed by atoms with van der Waals surface area (Å²) in [7, 11) is 0. The summed E-state index contributed by atoms with van der Waals surface area (Å²) in [6, 6.07) is 1.23. The summed E-state index contributed by atoms with van der Waals surface area (Å²) in [5, 5.41) is 0. The molecule has 0 saturated carbocycles. The lowest BCUT2D eigenvalue weighted by molar-refractivity contribution is 0.375. The average Bonchev–Trinajstić information content (AvgIpc) is 2.01. The van der Waals surface area contributed by atoms with Crippen LogP contribution in [-0.2, 0) is 0 Å². The zero-order chi connectivity index (χ0) is 9.14. The van der Waals surface area contributed by atoms with Crippen LogP contribution in [0.5, 0.6) is 0 Å². The molecule has 0 radical (unpaired) electrons. The van der Waals surface area contributed by atoms with Crippen LogP contribution < -0.4 is 11.1 Å². The SMILES string of the molecule is Cl.FNNc1cc(F)c(F)c(F)c1. The summed E-state index contributed by atoms with van der Waals surface area (Å²) < 4.78 is 48.3. The van der Waals surface area contributed by atoms with Crippen LogP contribution in [0.1, 0.15) is 0 Å². The summed E-state index contributed by atoms with van der Waals surface area (Å²) in [5.74, 6) is -4.35. The molecule has 0 aliphatic heterocycles. The first-order chi connectivity index (χ1) is 5.65. The number of hydrogen-bond acceptors (Lipinski definition) is 2. The lowest BCUT2D eigenvalue weighted by Gasteiger charge is -2.02. The summed E-state index contributed by atoms with van der Waals surface area (Å²) >= 11 is 0. The first-order valence-electron chi connectivity index (χ1n) is 2.91. The Hall–Kier alpha value is -1.01. The maximum atomic E-state index is 12.4. The highest BCUT2D eigenvalue weighted by Gasteiger charge is 2.09. The first-order valence-corrected chi connectivity index (χ1v) is 2.91. The van der Waals surface area contributed by atoms with Crippen molar-refractivity contribution in [2.75, 3.05) is 5.43 Å². The molecule has 2 N–H and O–H groups in total. The fourth-order valence-corrected chi connectivity index (χ4v) is 0.682. The van der Waals surface area contributed by atoms with Crippen LogP contribution in [-0.4, -0.2) is 0 Å². The minimum absolute atomic E-state index is 0. The van der Waals surface area contributed by atoms with Crippen molar-refractivity contribution >= 4 is 18.1 Å². The third kappa shape index (κ3) is 2.74. The van der Waals surface area contributed by atoms with Gasteiger partial charge in [-0.3, -0.25) is 5.43 Å². The van der Waals surface area contributed by atoms with Gasteiger partial charge in [-0.05, 0) is 0 Å². The molecule has 2 nitrogen and oxygen atoms in total. The Kier molecular flexibility index (Phi) is 4.50. The fraction of sp³-hybridized carbons (Fsp3) is 0. The van der Waals surface area contributed by atoms with Crippen molar-refractivity contribution in [3.8, 4) is 0 Å². The quantitative estimate of drug-likeness (QED) is 0.343. The molecule has 0 fully saturated rings. The molecule has 0 aromatic heterocycles. The minimum Gasteiger partial charge on any atom is -0.294 e. The Morgan fingerprint density at radius 3 is 1.85 bits per heavy atom. The largest absolute Gasteiger partial charge is 0.294 e. The number of nitrogens with one attached hydrogen (secondary N) is 2. The molecule has 0 saturated heterocycles. The van der Waals surface area contributed by atoms with E-state index in [-0.39, 0.29) is 18.1 Å². The zero-order valence-electron chi connectivity index (χ0n) is 6.07. The number of rotatable bonds is 2. The normalized spacial score (nSPS) is 9.23.